The van der Waals surface area contributed by atoms with Crippen LogP contribution in [-0.4, -0.2) is 5.75 Å². The van der Waals surface area contributed by atoms with Gasteiger partial charge in [-0.05, 0) is 29.4 Å². The van der Waals surface area contributed by atoms with Crippen LogP contribution in [0, 0.1) is 11.7 Å². The SMILES string of the molecule is CC1CSCc2c(Br)ccc(F)c2C1N. The molecule has 1 nitrogen and oxygen atoms in total. The molecule has 4 heteroatoms. The predicted molar refractivity (Wildman–Crippen MR) is 66.4 cm³/mol. The maximum Gasteiger partial charge on any atom is 0.128 e. The lowest BCUT2D eigenvalue weighted by Gasteiger charge is -2.19. The Bertz CT molecular complexity index is 383. The molecule has 0 amide bonds. The van der Waals surface area contributed by atoms with Crippen LogP contribution in [0.5, 0.6) is 0 Å². The van der Waals surface area contributed by atoms with Gasteiger partial charge in [0, 0.05) is 21.8 Å². The van der Waals surface area contributed by atoms with E-state index in [-0.39, 0.29) is 11.9 Å². The summed E-state index contributed by atoms with van der Waals surface area (Å²) in [6.07, 6.45) is 0. The van der Waals surface area contributed by atoms with Crippen molar-refractivity contribution < 1.29 is 4.39 Å². The summed E-state index contributed by atoms with van der Waals surface area (Å²) in [6.45, 7) is 2.08. The molecule has 2 unspecified atom stereocenters. The fourth-order valence-electron chi connectivity index (χ4n) is 1.85. The first-order valence-electron chi connectivity index (χ1n) is 4.91. The second-order valence-electron chi connectivity index (χ2n) is 3.94. The molecule has 2 N–H and O–H groups in total. The van der Waals surface area contributed by atoms with Gasteiger partial charge < -0.3 is 5.73 Å². The van der Waals surface area contributed by atoms with Crippen LogP contribution in [0.25, 0.3) is 0 Å². The summed E-state index contributed by atoms with van der Waals surface area (Å²) >= 11 is 5.28. The molecular weight excluding hydrogens is 277 g/mol. The van der Waals surface area contributed by atoms with Crippen LogP contribution < -0.4 is 5.73 Å². The lowest BCUT2D eigenvalue weighted by Crippen LogP contribution is -2.21. The molecule has 0 saturated carbocycles. The summed E-state index contributed by atoms with van der Waals surface area (Å²) in [5.41, 5.74) is 7.81. The number of hydrogen-bond donors (Lipinski definition) is 1. The van der Waals surface area contributed by atoms with E-state index in [2.05, 4.69) is 22.9 Å². The maximum atomic E-state index is 13.7. The quantitative estimate of drug-likeness (QED) is 0.791. The van der Waals surface area contributed by atoms with Crippen LogP contribution >= 0.6 is 27.7 Å². The zero-order chi connectivity index (χ0) is 11.0. The minimum absolute atomic E-state index is 0.171. The third-order valence-electron chi connectivity index (χ3n) is 2.82. The second-order valence-corrected chi connectivity index (χ2v) is 5.82. The largest absolute Gasteiger partial charge is 0.324 e. The molecule has 82 valence electrons. The number of thioether (sulfide) groups is 1. The van der Waals surface area contributed by atoms with Gasteiger partial charge in [-0.2, -0.15) is 11.8 Å². The smallest absolute Gasteiger partial charge is 0.128 e. The highest BCUT2D eigenvalue weighted by atomic mass is 79.9. The number of nitrogens with two attached hydrogens (primary N) is 1. The van der Waals surface area contributed by atoms with Crippen molar-refractivity contribution in [3.63, 3.8) is 0 Å². The first-order chi connectivity index (χ1) is 7.11. The van der Waals surface area contributed by atoms with Gasteiger partial charge in [0.1, 0.15) is 5.82 Å². The van der Waals surface area contributed by atoms with Gasteiger partial charge in [0.25, 0.3) is 0 Å². The van der Waals surface area contributed by atoms with E-state index in [0.717, 1.165) is 21.5 Å². The molecule has 0 aromatic heterocycles. The van der Waals surface area contributed by atoms with Crippen molar-refractivity contribution >= 4 is 27.7 Å². The molecule has 0 spiro atoms. The van der Waals surface area contributed by atoms with E-state index >= 15 is 0 Å². The average molecular weight is 290 g/mol. The van der Waals surface area contributed by atoms with Gasteiger partial charge in [0.15, 0.2) is 0 Å². The number of benzene rings is 1. The molecule has 0 bridgehead atoms. The van der Waals surface area contributed by atoms with Crippen LogP contribution in [0.1, 0.15) is 24.1 Å². The molecule has 1 aromatic rings. The molecule has 15 heavy (non-hydrogen) atoms. The van der Waals surface area contributed by atoms with Crippen molar-refractivity contribution in [2.75, 3.05) is 5.75 Å². The van der Waals surface area contributed by atoms with Gasteiger partial charge in [0.05, 0.1) is 0 Å². The highest BCUT2D eigenvalue weighted by Gasteiger charge is 2.26. The topological polar surface area (TPSA) is 26.0 Å². The van der Waals surface area contributed by atoms with E-state index in [1.165, 1.54) is 6.07 Å². The maximum absolute atomic E-state index is 13.7. The van der Waals surface area contributed by atoms with Crippen molar-refractivity contribution in [3.05, 3.63) is 33.5 Å². The standard InChI is InChI=1S/C11H13BrFNS/c1-6-4-15-5-7-8(12)2-3-9(13)10(7)11(6)14/h2-3,6,11H,4-5,14H2,1H3. The number of rotatable bonds is 0. The highest BCUT2D eigenvalue weighted by Crippen LogP contribution is 2.37. The van der Waals surface area contributed by atoms with Crippen LogP contribution in [-0.2, 0) is 5.75 Å². The normalized spacial score (nSPS) is 25.9. The minimum Gasteiger partial charge on any atom is -0.324 e. The molecule has 0 fully saturated rings. The van der Waals surface area contributed by atoms with Crippen LogP contribution in [0.2, 0.25) is 0 Å². The predicted octanol–water partition coefficient (Wildman–Crippen LogP) is 3.47. The molecular formula is C11H13BrFNS. The number of halogens is 2. The Morgan fingerprint density at radius 1 is 1.53 bits per heavy atom. The minimum atomic E-state index is -0.188. The van der Waals surface area contributed by atoms with E-state index in [1.54, 1.807) is 6.07 Å². The molecule has 1 aliphatic rings. The lowest BCUT2D eigenvalue weighted by atomic mass is 9.93. The molecule has 0 saturated heterocycles. The zero-order valence-corrected chi connectivity index (χ0v) is 10.9. The van der Waals surface area contributed by atoms with Crippen LogP contribution in [0.3, 0.4) is 0 Å². The third kappa shape index (κ3) is 2.08. The Labute approximate surface area is 102 Å². The number of hydrogen-bond acceptors (Lipinski definition) is 2. The fraction of sp³-hybridized carbons (Fsp3) is 0.455. The van der Waals surface area contributed by atoms with Crippen LogP contribution in [0.15, 0.2) is 16.6 Å². The third-order valence-corrected chi connectivity index (χ3v) is 4.82. The summed E-state index contributed by atoms with van der Waals surface area (Å²) in [7, 11) is 0. The Kier molecular flexibility index (Phi) is 3.38. The van der Waals surface area contributed by atoms with Crippen molar-refractivity contribution in [2.24, 2.45) is 11.7 Å². The lowest BCUT2D eigenvalue weighted by molar-refractivity contribution is 0.491. The van der Waals surface area contributed by atoms with E-state index in [4.69, 9.17) is 5.73 Å². The average Bonchev–Trinajstić information content (AvgIpc) is 2.35. The zero-order valence-electron chi connectivity index (χ0n) is 8.47. The molecule has 0 radical (unpaired) electrons. The second kappa shape index (κ2) is 4.44. The van der Waals surface area contributed by atoms with Gasteiger partial charge in [-0.25, -0.2) is 4.39 Å². The van der Waals surface area contributed by atoms with Gasteiger partial charge in [-0.1, -0.05) is 22.9 Å². The molecule has 1 aliphatic heterocycles. The molecule has 0 aliphatic carbocycles. The number of fused-ring (bicyclic) bond motifs is 1. The van der Waals surface area contributed by atoms with Crippen LogP contribution in [0.4, 0.5) is 4.39 Å². The highest BCUT2D eigenvalue weighted by molar-refractivity contribution is 9.10. The van der Waals surface area contributed by atoms with Gasteiger partial charge >= 0.3 is 0 Å². The van der Waals surface area contributed by atoms with Gasteiger partial charge in [0.2, 0.25) is 0 Å². The van der Waals surface area contributed by atoms with E-state index in [0.29, 0.717) is 11.5 Å². The fourth-order valence-corrected chi connectivity index (χ4v) is 3.74. The first-order valence-corrected chi connectivity index (χ1v) is 6.86. The van der Waals surface area contributed by atoms with E-state index in [1.807, 2.05) is 11.8 Å². The molecule has 2 atom stereocenters. The molecule has 2 rings (SSSR count). The summed E-state index contributed by atoms with van der Waals surface area (Å²) in [4.78, 5) is 0. The Balaban J connectivity index is 2.57. The monoisotopic (exact) mass is 289 g/mol. The Morgan fingerprint density at radius 3 is 3.00 bits per heavy atom. The van der Waals surface area contributed by atoms with E-state index < -0.39 is 0 Å². The van der Waals surface area contributed by atoms with Crippen molar-refractivity contribution in [3.8, 4) is 0 Å². The summed E-state index contributed by atoms with van der Waals surface area (Å²) in [5.74, 6) is 1.98. The summed E-state index contributed by atoms with van der Waals surface area (Å²) in [6, 6.07) is 3.07. The molecule has 1 aromatic carbocycles. The Hall–Kier alpha value is -0.0600. The summed E-state index contributed by atoms with van der Waals surface area (Å²) in [5, 5.41) is 0. The Morgan fingerprint density at radius 2 is 2.27 bits per heavy atom. The van der Waals surface area contributed by atoms with Gasteiger partial charge in [-0.15, -0.1) is 0 Å². The van der Waals surface area contributed by atoms with Crippen molar-refractivity contribution in [2.45, 2.75) is 18.7 Å². The first kappa shape index (κ1) is 11.4. The molecule has 1 heterocycles. The van der Waals surface area contributed by atoms with Gasteiger partial charge in [-0.3, -0.25) is 0 Å². The van der Waals surface area contributed by atoms with E-state index in [9.17, 15) is 4.39 Å². The van der Waals surface area contributed by atoms with Crippen molar-refractivity contribution in [1.82, 2.24) is 0 Å². The summed E-state index contributed by atoms with van der Waals surface area (Å²) < 4.78 is 14.7. The van der Waals surface area contributed by atoms with Crippen molar-refractivity contribution in [1.29, 1.82) is 0 Å².